The molecule has 6 nitrogen and oxygen atoms in total. The smallest absolute Gasteiger partial charge is 0.280 e. The van der Waals surface area contributed by atoms with Crippen molar-refractivity contribution in [2.24, 2.45) is 5.16 Å². The van der Waals surface area contributed by atoms with E-state index in [-0.39, 0.29) is 11.5 Å². The van der Waals surface area contributed by atoms with E-state index in [2.05, 4.69) is 10.3 Å². The molecule has 0 saturated heterocycles. The van der Waals surface area contributed by atoms with Gasteiger partial charge in [0.05, 0.1) is 5.75 Å². The van der Waals surface area contributed by atoms with Gasteiger partial charge in [0.25, 0.3) is 12.9 Å². The topological polar surface area (TPSA) is 73.5 Å². The van der Waals surface area contributed by atoms with Crippen LogP contribution in [-0.2, 0) is 27.0 Å². The highest BCUT2D eigenvalue weighted by atomic mass is 35.5. The summed E-state index contributed by atoms with van der Waals surface area (Å²) in [6.45, 7) is 2.10. The van der Waals surface area contributed by atoms with Gasteiger partial charge in [-0.05, 0) is 13.8 Å². The molecule has 0 spiro atoms. The number of aromatic nitrogens is 2. The molecule has 0 amide bonds. The predicted molar refractivity (Wildman–Crippen MR) is 78.0 cm³/mol. The summed E-state index contributed by atoms with van der Waals surface area (Å²) in [6.07, 6.45) is -6.20. The summed E-state index contributed by atoms with van der Waals surface area (Å²) < 4.78 is 76.4. The molecule has 0 aromatic carbocycles. The maximum atomic E-state index is 13.2. The Morgan fingerprint density at radius 1 is 1.33 bits per heavy atom. The highest BCUT2D eigenvalue weighted by Crippen LogP contribution is 2.32. The number of halogens is 5. The fourth-order valence-corrected chi connectivity index (χ4v) is 4.06. The van der Waals surface area contributed by atoms with Crippen LogP contribution in [0.1, 0.15) is 38.0 Å². The Labute approximate surface area is 140 Å². The van der Waals surface area contributed by atoms with Crippen LogP contribution in [0.5, 0.6) is 0 Å². The van der Waals surface area contributed by atoms with Crippen molar-refractivity contribution < 1.29 is 30.8 Å². The summed E-state index contributed by atoms with van der Waals surface area (Å²) in [7, 11) is -4.11. The zero-order chi connectivity index (χ0) is 18.3. The first-order valence-corrected chi connectivity index (χ1v) is 8.75. The van der Waals surface area contributed by atoms with Crippen LogP contribution in [0.15, 0.2) is 5.16 Å². The van der Waals surface area contributed by atoms with Crippen LogP contribution >= 0.6 is 11.6 Å². The average molecular weight is 392 g/mol. The van der Waals surface area contributed by atoms with Crippen molar-refractivity contribution in [1.29, 1.82) is 0 Å². The van der Waals surface area contributed by atoms with E-state index in [1.54, 1.807) is 13.8 Å². The van der Waals surface area contributed by atoms with Crippen molar-refractivity contribution >= 4 is 26.5 Å². The van der Waals surface area contributed by atoms with E-state index in [9.17, 15) is 26.0 Å². The first-order valence-electron chi connectivity index (χ1n) is 6.72. The lowest BCUT2D eigenvalue weighted by atomic mass is 10.1. The van der Waals surface area contributed by atoms with Crippen LogP contribution < -0.4 is 0 Å². The molecule has 0 unspecified atom stereocenters. The first kappa shape index (κ1) is 19.0. The van der Waals surface area contributed by atoms with E-state index in [1.807, 2.05) is 0 Å². The Morgan fingerprint density at radius 3 is 2.42 bits per heavy atom. The SMILES string of the molecule is CC1(C)CC(S(=O)(=O)Cc2c(Cl)nn(CC(F)F)c2C(F)F)=NO1. The van der Waals surface area contributed by atoms with Crippen LogP contribution in [0.25, 0.3) is 0 Å². The molecule has 136 valence electrons. The van der Waals surface area contributed by atoms with E-state index in [0.29, 0.717) is 4.68 Å². The number of hydrogen-bond acceptors (Lipinski definition) is 5. The molecule has 1 aromatic rings. The lowest BCUT2D eigenvalue weighted by molar-refractivity contribution is 0.0123. The van der Waals surface area contributed by atoms with E-state index in [0.717, 1.165) is 0 Å². The van der Waals surface area contributed by atoms with Gasteiger partial charge in [0, 0.05) is 12.0 Å². The molecule has 0 aliphatic carbocycles. The van der Waals surface area contributed by atoms with Crippen LogP contribution in [0, 0.1) is 0 Å². The molecule has 2 rings (SSSR count). The maximum Gasteiger partial charge on any atom is 0.280 e. The van der Waals surface area contributed by atoms with Gasteiger partial charge in [-0.1, -0.05) is 16.8 Å². The van der Waals surface area contributed by atoms with Crippen LogP contribution in [0.2, 0.25) is 5.15 Å². The van der Waals surface area contributed by atoms with Gasteiger partial charge in [0.1, 0.15) is 17.8 Å². The van der Waals surface area contributed by atoms with Crippen molar-refractivity contribution in [3.05, 3.63) is 16.4 Å². The monoisotopic (exact) mass is 391 g/mol. The van der Waals surface area contributed by atoms with Gasteiger partial charge in [-0.3, -0.25) is 4.68 Å². The Hall–Kier alpha value is -1.36. The maximum absolute atomic E-state index is 13.2. The second-order valence-electron chi connectivity index (χ2n) is 5.80. The van der Waals surface area contributed by atoms with E-state index in [1.165, 1.54) is 0 Å². The third-order valence-electron chi connectivity index (χ3n) is 3.23. The van der Waals surface area contributed by atoms with Crippen molar-refractivity contribution in [1.82, 2.24) is 9.78 Å². The highest BCUT2D eigenvalue weighted by Gasteiger charge is 2.38. The predicted octanol–water partition coefficient (Wildman–Crippen LogP) is 3.17. The molecule has 0 atom stereocenters. The molecule has 12 heteroatoms. The van der Waals surface area contributed by atoms with Gasteiger partial charge in [-0.25, -0.2) is 26.0 Å². The molecule has 24 heavy (non-hydrogen) atoms. The molecule has 1 aliphatic heterocycles. The van der Waals surface area contributed by atoms with Gasteiger partial charge in [0.15, 0.2) is 20.0 Å². The van der Waals surface area contributed by atoms with Crippen molar-refractivity contribution in [2.75, 3.05) is 0 Å². The van der Waals surface area contributed by atoms with Crippen molar-refractivity contribution in [3.8, 4) is 0 Å². The molecule has 1 aromatic heterocycles. The summed E-state index contributed by atoms with van der Waals surface area (Å²) >= 11 is 5.70. The summed E-state index contributed by atoms with van der Waals surface area (Å²) in [5.74, 6) is -0.924. The standard InChI is InChI=1S/C12H14ClF4N3O3S/c1-12(2)3-8(19-23-12)24(21,22)5-6-9(11(16)17)20(4-7(14)15)18-10(6)13/h7,11H,3-5H2,1-2H3. The molecule has 0 N–H and O–H groups in total. The zero-order valence-corrected chi connectivity index (χ0v) is 14.2. The zero-order valence-electron chi connectivity index (χ0n) is 12.6. The number of oxime groups is 1. The third-order valence-corrected chi connectivity index (χ3v) is 5.14. The Morgan fingerprint density at radius 2 is 1.96 bits per heavy atom. The minimum Gasteiger partial charge on any atom is -0.389 e. The number of nitrogens with zero attached hydrogens (tertiary/aromatic N) is 3. The largest absolute Gasteiger partial charge is 0.389 e. The summed E-state index contributed by atoms with van der Waals surface area (Å²) in [6, 6.07) is 0. The normalized spacial score (nSPS) is 17.5. The number of hydrogen-bond donors (Lipinski definition) is 0. The quantitative estimate of drug-likeness (QED) is 0.723. The fourth-order valence-electron chi connectivity index (χ4n) is 2.17. The minimum atomic E-state index is -4.11. The number of sulfone groups is 1. The Kier molecular flexibility index (Phi) is 5.14. The van der Waals surface area contributed by atoms with E-state index < -0.39 is 57.0 Å². The lowest BCUT2D eigenvalue weighted by Gasteiger charge is -2.13. The molecule has 2 heterocycles. The van der Waals surface area contributed by atoms with E-state index >= 15 is 0 Å². The van der Waals surface area contributed by atoms with Crippen LogP contribution in [-0.4, -0.2) is 35.3 Å². The minimum absolute atomic E-state index is 0.0395. The highest BCUT2D eigenvalue weighted by molar-refractivity contribution is 8.05. The molecule has 0 fully saturated rings. The van der Waals surface area contributed by atoms with E-state index in [4.69, 9.17) is 16.4 Å². The van der Waals surface area contributed by atoms with Gasteiger partial charge in [-0.2, -0.15) is 5.10 Å². The van der Waals surface area contributed by atoms with Crippen LogP contribution in [0.4, 0.5) is 17.6 Å². The fraction of sp³-hybridized carbons (Fsp3) is 0.667. The Balaban J connectivity index is 2.37. The molecule has 1 aliphatic rings. The molecule has 0 radical (unpaired) electrons. The average Bonchev–Trinajstić information content (AvgIpc) is 2.90. The number of alkyl halides is 4. The van der Waals surface area contributed by atoms with Gasteiger partial charge in [-0.15, -0.1) is 0 Å². The molecular weight excluding hydrogens is 378 g/mol. The first-order chi connectivity index (χ1) is 10.9. The summed E-state index contributed by atoms with van der Waals surface area (Å²) in [4.78, 5) is 4.95. The van der Waals surface area contributed by atoms with Gasteiger partial charge < -0.3 is 4.84 Å². The summed E-state index contributed by atoms with van der Waals surface area (Å²) in [5, 5.41) is 5.99. The number of rotatable bonds is 5. The van der Waals surface area contributed by atoms with Gasteiger partial charge >= 0.3 is 0 Å². The van der Waals surface area contributed by atoms with Gasteiger partial charge in [0.2, 0.25) is 0 Å². The van der Waals surface area contributed by atoms with Crippen molar-refractivity contribution in [3.63, 3.8) is 0 Å². The lowest BCUT2D eigenvalue weighted by Crippen LogP contribution is -2.23. The van der Waals surface area contributed by atoms with Crippen molar-refractivity contribution in [2.45, 2.75) is 51.0 Å². The van der Waals surface area contributed by atoms with Crippen LogP contribution in [0.3, 0.4) is 0 Å². The molecule has 0 bridgehead atoms. The summed E-state index contributed by atoms with van der Waals surface area (Å²) in [5.41, 5.74) is -2.29. The molecule has 0 saturated carbocycles. The third kappa shape index (κ3) is 4.00. The Bertz CT molecular complexity index is 762. The second kappa shape index (κ2) is 6.51. The molecular formula is C12H14ClF4N3O3S. The second-order valence-corrected chi connectivity index (χ2v) is 8.15.